The lowest BCUT2D eigenvalue weighted by Gasteiger charge is -2.49. The van der Waals surface area contributed by atoms with Crippen molar-refractivity contribution < 1.29 is 14.3 Å². The van der Waals surface area contributed by atoms with Gasteiger partial charge in [-0.3, -0.25) is 19.6 Å². The minimum atomic E-state index is -0.403. The van der Waals surface area contributed by atoms with Gasteiger partial charge in [-0.1, -0.05) is 43.6 Å². The third-order valence-electron chi connectivity index (χ3n) is 7.50. The molecule has 1 amide bonds. The minimum Gasteiger partial charge on any atom is -0.483 e. The van der Waals surface area contributed by atoms with Crippen LogP contribution in [0, 0.1) is 5.92 Å². The molecule has 1 saturated heterocycles. The number of amides is 1. The second kappa shape index (κ2) is 9.26. The summed E-state index contributed by atoms with van der Waals surface area (Å²) in [4.78, 5) is 28.5. The van der Waals surface area contributed by atoms with Gasteiger partial charge in [-0.25, -0.2) is 0 Å². The first-order valence-electron chi connectivity index (χ1n) is 12.8. The van der Waals surface area contributed by atoms with E-state index in [9.17, 15) is 9.59 Å². The number of halogens is 1. The molecule has 0 unspecified atom stereocenters. The smallest absolute Gasteiger partial charge is 0.251 e. The van der Waals surface area contributed by atoms with Gasteiger partial charge < -0.3 is 10.1 Å². The number of hydrogen-bond donors (Lipinski definition) is 2. The number of benzene rings is 3. The number of ketones is 1. The number of aromatic amines is 1. The van der Waals surface area contributed by atoms with E-state index in [4.69, 9.17) is 16.3 Å². The van der Waals surface area contributed by atoms with E-state index in [1.807, 2.05) is 61.6 Å². The van der Waals surface area contributed by atoms with E-state index in [0.717, 1.165) is 35.1 Å². The lowest BCUT2D eigenvalue weighted by molar-refractivity contribution is -0.0689. The van der Waals surface area contributed by atoms with E-state index in [2.05, 4.69) is 34.3 Å². The Kier molecular flexibility index (Phi) is 6.00. The summed E-state index contributed by atoms with van der Waals surface area (Å²) in [6, 6.07) is 18.4. The van der Waals surface area contributed by atoms with Gasteiger partial charge in [0.15, 0.2) is 5.78 Å². The van der Waals surface area contributed by atoms with Gasteiger partial charge in [0.2, 0.25) is 0 Å². The van der Waals surface area contributed by atoms with Crippen LogP contribution in [-0.2, 0) is 0 Å². The highest BCUT2D eigenvalue weighted by molar-refractivity contribution is 6.31. The number of carbonyl (C=O) groups is 2. The first kappa shape index (κ1) is 24.6. The maximum absolute atomic E-state index is 13.4. The van der Waals surface area contributed by atoms with E-state index in [1.54, 1.807) is 6.07 Å². The van der Waals surface area contributed by atoms with Crippen LogP contribution in [0.15, 0.2) is 60.7 Å². The Morgan fingerprint density at radius 2 is 1.92 bits per heavy atom. The van der Waals surface area contributed by atoms with Crippen LogP contribution in [0.1, 0.15) is 52.6 Å². The van der Waals surface area contributed by atoms with Crippen molar-refractivity contribution in [3.63, 3.8) is 0 Å². The van der Waals surface area contributed by atoms with E-state index < -0.39 is 5.60 Å². The molecule has 1 fully saturated rings. The molecule has 0 radical (unpaired) electrons. The number of rotatable bonds is 5. The molecule has 3 heterocycles. The quantitative estimate of drug-likeness (QED) is 0.349. The van der Waals surface area contributed by atoms with E-state index in [1.165, 1.54) is 0 Å². The molecule has 8 heteroatoms. The molecule has 2 aliphatic heterocycles. The number of hydrogen-bond acceptors (Lipinski definition) is 5. The molecule has 7 nitrogen and oxygen atoms in total. The summed E-state index contributed by atoms with van der Waals surface area (Å²) < 4.78 is 6.25. The van der Waals surface area contributed by atoms with Gasteiger partial charge in [0, 0.05) is 34.6 Å². The average Bonchev–Trinajstić information content (AvgIpc) is 3.30. The van der Waals surface area contributed by atoms with Crippen LogP contribution < -0.4 is 10.1 Å². The van der Waals surface area contributed by atoms with Gasteiger partial charge in [0.1, 0.15) is 11.4 Å². The number of aromatic nitrogens is 2. The Balaban J connectivity index is 1.30. The zero-order valence-electron chi connectivity index (χ0n) is 21.5. The Morgan fingerprint density at radius 1 is 1.13 bits per heavy atom. The number of nitrogens with one attached hydrogen (secondary N) is 2. The number of carbonyl (C=O) groups excluding carboxylic acids is 2. The van der Waals surface area contributed by atoms with E-state index >= 15 is 0 Å². The Hall–Kier alpha value is -3.68. The Morgan fingerprint density at radius 3 is 2.66 bits per heavy atom. The minimum absolute atomic E-state index is 0.0837. The summed E-state index contributed by atoms with van der Waals surface area (Å²) in [6.45, 7) is 5.61. The van der Waals surface area contributed by atoms with Gasteiger partial charge in [0.05, 0.1) is 29.2 Å². The van der Waals surface area contributed by atoms with Crippen molar-refractivity contribution in [3.8, 4) is 17.0 Å². The lowest BCUT2D eigenvalue weighted by Crippen LogP contribution is -2.65. The van der Waals surface area contributed by atoms with Gasteiger partial charge in [-0.2, -0.15) is 5.10 Å². The van der Waals surface area contributed by atoms with Crippen LogP contribution in [0.25, 0.3) is 22.2 Å². The zero-order chi connectivity index (χ0) is 26.6. The largest absolute Gasteiger partial charge is 0.483 e. The maximum Gasteiger partial charge on any atom is 0.251 e. The second-order valence-corrected chi connectivity index (χ2v) is 11.2. The first-order chi connectivity index (χ1) is 18.2. The molecule has 2 N–H and O–H groups in total. The number of Topliss-reactive ketones (excluding diaryl/α,β-unsaturated/α-hetero) is 1. The molecule has 0 bridgehead atoms. The number of ether oxygens (including phenoxy) is 1. The van der Waals surface area contributed by atoms with Gasteiger partial charge >= 0.3 is 0 Å². The van der Waals surface area contributed by atoms with Crippen molar-refractivity contribution >= 4 is 34.2 Å². The van der Waals surface area contributed by atoms with Crippen molar-refractivity contribution in [1.29, 1.82) is 0 Å². The highest BCUT2D eigenvalue weighted by Gasteiger charge is 2.48. The molecule has 2 aliphatic rings. The first-order valence-corrected chi connectivity index (χ1v) is 13.2. The summed E-state index contributed by atoms with van der Waals surface area (Å²) in [5.74, 6) is 0.655. The summed E-state index contributed by atoms with van der Waals surface area (Å²) in [5, 5.41) is 12.2. The van der Waals surface area contributed by atoms with Gasteiger partial charge in [-0.05, 0) is 61.0 Å². The van der Waals surface area contributed by atoms with Crippen molar-refractivity contribution in [3.05, 3.63) is 82.4 Å². The SMILES string of the molecule is CC(C)[C@H](NC(=O)c1ccc2[nH]nc(-c3ccc4c(c3)C(=O)CC3(CN(C)C3)O4)c2c1)c1ccccc1Cl. The van der Waals surface area contributed by atoms with Gasteiger partial charge in [0.25, 0.3) is 5.91 Å². The highest BCUT2D eigenvalue weighted by atomic mass is 35.5. The van der Waals surface area contributed by atoms with Crippen LogP contribution in [0.5, 0.6) is 5.75 Å². The van der Waals surface area contributed by atoms with E-state index in [-0.39, 0.29) is 23.7 Å². The normalized spacial score (nSPS) is 17.2. The molecule has 38 heavy (non-hydrogen) atoms. The van der Waals surface area contributed by atoms with Crippen molar-refractivity contribution in [2.45, 2.75) is 31.9 Å². The predicted molar refractivity (Wildman–Crippen MR) is 148 cm³/mol. The van der Waals surface area contributed by atoms with Crippen molar-refractivity contribution in [2.75, 3.05) is 20.1 Å². The van der Waals surface area contributed by atoms with Gasteiger partial charge in [-0.15, -0.1) is 0 Å². The fourth-order valence-electron chi connectivity index (χ4n) is 5.69. The number of nitrogens with zero attached hydrogens (tertiary/aromatic N) is 2. The molecule has 6 rings (SSSR count). The Labute approximate surface area is 226 Å². The third-order valence-corrected chi connectivity index (χ3v) is 7.84. The van der Waals surface area contributed by atoms with Crippen LogP contribution in [0.4, 0.5) is 0 Å². The average molecular weight is 529 g/mol. The topological polar surface area (TPSA) is 87.3 Å². The Bertz CT molecular complexity index is 1570. The zero-order valence-corrected chi connectivity index (χ0v) is 22.3. The summed E-state index contributed by atoms with van der Waals surface area (Å²) >= 11 is 6.44. The third kappa shape index (κ3) is 4.25. The summed E-state index contributed by atoms with van der Waals surface area (Å²) in [6.07, 6.45) is 0.377. The monoisotopic (exact) mass is 528 g/mol. The fourth-order valence-corrected chi connectivity index (χ4v) is 5.94. The number of fused-ring (bicyclic) bond motifs is 2. The second-order valence-electron chi connectivity index (χ2n) is 10.8. The number of likely N-dealkylation sites (N-methyl/N-ethyl adjacent to an activating group) is 1. The fraction of sp³-hybridized carbons (Fsp3) is 0.300. The lowest BCUT2D eigenvalue weighted by atomic mass is 9.83. The predicted octanol–water partition coefficient (Wildman–Crippen LogP) is 5.66. The molecular formula is C30H29ClN4O3. The van der Waals surface area contributed by atoms with Crippen LogP contribution in [-0.4, -0.2) is 52.5 Å². The van der Waals surface area contributed by atoms with Crippen LogP contribution in [0.3, 0.4) is 0 Å². The molecule has 194 valence electrons. The number of H-pyrrole nitrogens is 1. The highest BCUT2D eigenvalue weighted by Crippen LogP contribution is 2.40. The molecule has 3 aromatic carbocycles. The molecule has 1 aromatic heterocycles. The molecule has 0 aliphatic carbocycles. The van der Waals surface area contributed by atoms with Crippen LogP contribution in [0.2, 0.25) is 5.02 Å². The van der Waals surface area contributed by atoms with E-state index in [0.29, 0.717) is 34.0 Å². The maximum atomic E-state index is 13.4. The van der Waals surface area contributed by atoms with Crippen LogP contribution >= 0.6 is 11.6 Å². The standard InChI is InChI=1S/C30H29ClN4O3/c1-17(2)27(20-6-4-5-7-23(20)31)32-29(37)19-8-10-24-21(13-19)28(34-33-24)18-9-11-26-22(12-18)25(36)14-30(38-26)15-35(3)16-30/h4-13,17,27H,14-16H2,1-3H3,(H,32,37)(H,33,34)/t27-/m0/s1. The molecule has 0 saturated carbocycles. The molecular weight excluding hydrogens is 500 g/mol. The number of likely N-dealkylation sites (tertiary alicyclic amines) is 1. The summed E-state index contributed by atoms with van der Waals surface area (Å²) in [5.41, 5.74) is 3.86. The van der Waals surface area contributed by atoms with Crippen molar-refractivity contribution in [2.24, 2.45) is 5.92 Å². The molecule has 1 atom stereocenters. The summed E-state index contributed by atoms with van der Waals surface area (Å²) in [7, 11) is 2.02. The molecule has 4 aromatic rings. The van der Waals surface area contributed by atoms with Crippen molar-refractivity contribution in [1.82, 2.24) is 20.4 Å². The molecule has 1 spiro atoms.